The first-order valence-electron chi connectivity index (χ1n) is 9.78. The van der Waals surface area contributed by atoms with Crippen LogP contribution < -0.4 is 0 Å². The maximum atomic E-state index is 3.25. The van der Waals surface area contributed by atoms with Crippen LogP contribution in [0, 0.1) is 14.4 Å². The Kier molecular flexibility index (Phi) is 96.9. The first-order valence-corrected chi connectivity index (χ1v) is 9.78. The van der Waals surface area contributed by atoms with E-state index in [1.807, 2.05) is 81.4 Å². The van der Waals surface area contributed by atoms with Crippen LogP contribution in [0.4, 0.5) is 0 Å². The molecule has 2 aromatic rings. The monoisotopic (exact) mass is 437 g/mol. The minimum absolute atomic E-state index is 0. The molecule has 0 amide bonds. The zero-order chi connectivity index (χ0) is 20.2. The van der Waals surface area contributed by atoms with Crippen LogP contribution >= 0.6 is 0 Å². The van der Waals surface area contributed by atoms with Crippen LogP contribution in [-0.2, 0) is 32.7 Å². The van der Waals surface area contributed by atoms with Gasteiger partial charge in [0.1, 0.15) is 0 Å². The van der Waals surface area contributed by atoms with Crippen LogP contribution in [0.3, 0.4) is 0 Å². The van der Waals surface area contributed by atoms with Crippen LogP contribution in [0.1, 0.15) is 76.2 Å². The zero-order valence-electron chi connectivity index (χ0n) is 20.1. The summed E-state index contributed by atoms with van der Waals surface area (Å²) < 4.78 is 0. The van der Waals surface area contributed by atoms with E-state index in [9.17, 15) is 0 Å². The summed E-state index contributed by atoms with van der Waals surface area (Å²) in [7, 11) is 0. The van der Waals surface area contributed by atoms with Crippen molar-refractivity contribution in [3.8, 4) is 11.1 Å². The SMILES string of the molecule is CC.CC.CC.CC.CC.[CH2-]C.[CH3-].[Y].c1ccc(-c2ccccc2)cc1. The molecule has 2 aromatic carbocycles. The Morgan fingerprint density at radius 1 is 0.423 bits per heavy atom. The Labute approximate surface area is 194 Å². The maximum absolute atomic E-state index is 3.25. The number of benzene rings is 2. The Bertz CT molecular complexity index is 304. The smallest absolute Gasteiger partial charge is 0 e. The Balaban J connectivity index is -0.0000000448. The van der Waals surface area contributed by atoms with Crippen molar-refractivity contribution in [1.29, 1.82) is 0 Å². The van der Waals surface area contributed by atoms with E-state index >= 15 is 0 Å². The molecule has 0 bridgehead atoms. The predicted molar refractivity (Wildman–Crippen MR) is 126 cm³/mol. The molecule has 0 N–H and O–H groups in total. The van der Waals surface area contributed by atoms with Gasteiger partial charge in [0.25, 0.3) is 0 Å². The van der Waals surface area contributed by atoms with Crippen molar-refractivity contribution in [1.82, 2.24) is 0 Å². The van der Waals surface area contributed by atoms with Gasteiger partial charge in [-0.25, -0.2) is 0 Å². The molecule has 26 heavy (non-hydrogen) atoms. The normalized spacial score (nSPS) is 5.85. The van der Waals surface area contributed by atoms with Crippen molar-refractivity contribution in [3.05, 3.63) is 75.0 Å². The molecule has 0 nitrogen and oxygen atoms in total. The van der Waals surface area contributed by atoms with Gasteiger partial charge < -0.3 is 14.4 Å². The molecule has 0 aliphatic rings. The van der Waals surface area contributed by atoms with Crippen molar-refractivity contribution in [2.75, 3.05) is 0 Å². The van der Waals surface area contributed by atoms with E-state index < -0.39 is 0 Å². The zero-order valence-corrected chi connectivity index (χ0v) is 22.9. The quantitative estimate of drug-likeness (QED) is 0.389. The summed E-state index contributed by atoms with van der Waals surface area (Å²) in [4.78, 5) is 0. The van der Waals surface area contributed by atoms with Gasteiger partial charge in [-0.15, -0.1) is 0 Å². The molecule has 0 heterocycles. The number of rotatable bonds is 1. The van der Waals surface area contributed by atoms with Crippen LogP contribution in [0.25, 0.3) is 11.1 Å². The fourth-order valence-electron chi connectivity index (χ4n) is 1.26. The Morgan fingerprint density at radius 3 is 0.731 bits per heavy atom. The standard InChI is InChI=1S/C12H10.5C2H6.C2H5.CH3.Y/c1-3-7-11(8-4-1)12-9-5-2-6-10-12;6*1-2;;/h1-10H;5*1-2H3;1H2,2H3;1H3;/q;;;;;;2*-1;. The van der Waals surface area contributed by atoms with Gasteiger partial charge in [-0.2, -0.15) is 6.92 Å². The first-order chi connectivity index (χ1) is 12.0. The van der Waals surface area contributed by atoms with Gasteiger partial charge in [0, 0.05) is 32.7 Å². The summed E-state index contributed by atoms with van der Waals surface area (Å²) in [5.41, 5.74) is 2.55. The van der Waals surface area contributed by atoms with Crippen LogP contribution in [0.15, 0.2) is 60.7 Å². The summed E-state index contributed by atoms with van der Waals surface area (Å²) in [6.45, 7) is 25.0. The third kappa shape index (κ3) is 31.3. The molecule has 0 unspecified atom stereocenters. The Hall–Kier alpha value is -0.456. The van der Waals surface area contributed by atoms with E-state index in [-0.39, 0.29) is 40.1 Å². The van der Waals surface area contributed by atoms with E-state index in [4.69, 9.17) is 0 Å². The molecule has 0 spiro atoms. The molecule has 1 radical (unpaired) electrons. The van der Waals surface area contributed by atoms with Crippen molar-refractivity contribution in [2.24, 2.45) is 0 Å². The molecule has 0 aliphatic heterocycles. The summed E-state index contributed by atoms with van der Waals surface area (Å²) in [5.74, 6) is 0. The molecule has 0 fully saturated rings. The molecule has 2 rings (SSSR count). The van der Waals surface area contributed by atoms with Crippen LogP contribution in [0.5, 0.6) is 0 Å². The number of hydrogen-bond acceptors (Lipinski definition) is 0. The minimum atomic E-state index is 0. The van der Waals surface area contributed by atoms with Gasteiger partial charge >= 0.3 is 0 Å². The average Bonchev–Trinajstić information content (AvgIpc) is 2.78. The van der Waals surface area contributed by atoms with Crippen LogP contribution in [0.2, 0.25) is 0 Å². The molecular formula is C25H48Y-2. The third-order valence-corrected chi connectivity index (χ3v) is 1.88. The van der Waals surface area contributed by atoms with E-state index in [0.717, 1.165) is 0 Å². The topological polar surface area (TPSA) is 0 Å². The van der Waals surface area contributed by atoms with Gasteiger partial charge in [-0.3, -0.25) is 0 Å². The predicted octanol–water partition coefficient (Wildman–Crippen LogP) is 9.77. The van der Waals surface area contributed by atoms with Crippen molar-refractivity contribution < 1.29 is 32.7 Å². The third-order valence-electron chi connectivity index (χ3n) is 1.88. The van der Waals surface area contributed by atoms with Crippen molar-refractivity contribution in [2.45, 2.75) is 76.2 Å². The summed E-state index contributed by atoms with van der Waals surface area (Å²) in [5, 5.41) is 0. The van der Waals surface area contributed by atoms with Gasteiger partial charge in [-0.1, -0.05) is 130 Å². The van der Waals surface area contributed by atoms with E-state index in [1.165, 1.54) is 11.1 Å². The van der Waals surface area contributed by atoms with Crippen molar-refractivity contribution in [3.63, 3.8) is 0 Å². The first kappa shape index (κ1) is 44.7. The Morgan fingerprint density at radius 2 is 0.577 bits per heavy atom. The second-order valence-electron chi connectivity index (χ2n) is 2.73. The summed E-state index contributed by atoms with van der Waals surface area (Å²) in [6, 6.07) is 20.8. The van der Waals surface area contributed by atoms with E-state index in [0.29, 0.717) is 0 Å². The number of hydrogen-bond donors (Lipinski definition) is 0. The fourth-order valence-corrected chi connectivity index (χ4v) is 1.26. The van der Waals surface area contributed by atoms with Crippen molar-refractivity contribution >= 4 is 0 Å². The molecule has 1 heteroatoms. The largest absolute Gasteiger partial charge is 0.358 e. The molecule has 0 atom stereocenters. The molecule has 0 saturated carbocycles. The summed E-state index contributed by atoms with van der Waals surface area (Å²) >= 11 is 0. The molecule has 0 aliphatic carbocycles. The molecule has 0 aromatic heterocycles. The van der Waals surface area contributed by atoms with E-state index in [2.05, 4.69) is 55.5 Å². The van der Waals surface area contributed by atoms with Gasteiger partial charge in [0.05, 0.1) is 0 Å². The minimum Gasteiger partial charge on any atom is -0.358 e. The molecular weight excluding hydrogens is 389 g/mol. The summed E-state index contributed by atoms with van der Waals surface area (Å²) in [6.07, 6.45) is 0. The van der Waals surface area contributed by atoms with Crippen LogP contribution in [-0.4, -0.2) is 0 Å². The second-order valence-corrected chi connectivity index (χ2v) is 2.73. The van der Waals surface area contributed by atoms with E-state index in [1.54, 1.807) is 6.92 Å². The van der Waals surface area contributed by atoms with Gasteiger partial charge in [-0.05, 0) is 11.1 Å². The average molecular weight is 438 g/mol. The fraction of sp³-hybridized carbons (Fsp3) is 0.440. The molecule has 0 saturated heterocycles. The second kappa shape index (κ2) is 56.3. The van der Waals surface area contributed by atoms with Gasteiger partial charge in [0.2, 0.25) is 0 Å². The maximum Gasteiger partial charge on any atom is 0 e. The molecule has 153 valence electrons. The van der Waals surface area contributed by atoms with Gasteiger partial charge in [0.15, 0.2) is 0 Å².